The minimum Gasteiger partial charge on any atom is -0.264 e. The van der Waals surface area contributed by atoms with Crippen LogP contribution in [0.2, 0.25) is 5.28 Å². The summed E-state index contributed by atoms with van der Waals surface area (Å²) < 4.78 is 0. The lowest BCUT2D eigenvalue weighted by atomic mass is 10.1. The van der Waals surface area contributed by atoms with Crippen molar-refractivity contribution in [3.05, 3.63) is 41.1 Å². The third kappa shape index (κ3) is 2.13. The van der Waals surface area contributed by atoms with Crippen molar-refractivity contribution in [3.63, 3.8) is 0 Å². The van der Waals surface area contributed by atoms with Gasteiger partial charge in [-0.05, 0) is 43.1 Å². The van der Waals surface area contributed by atoms with Gasteiger partial charge in [0.15, 0.2) is 0 Å². The van der Waals surface area contributed by atoms with Crippen molar-refractivity contribution in [2.75, 3.05) is 0 Å². The standard InChI is InChI=1S/C11H10ClN3/c1-7-3-4-13-6-9(7)10-5-8(2)14-11(12)15-10/h3-6H,1-2H3. The molecule has 3 nitrogen and oxygen atoms in total. The van der Waals surface area contributed by atoms with Crippen LogP contribution in [0, 0.1) is 13.8 Å². The number of aryl methyl sites for hydroxylation is 2. The van der Waals surface area contributed by atoms with Crippen LogP contribution < -0.4 is 0 Å². The predicted molar refractivity (Wildman–Crippen MR) is 59.7 cm³/mol. The van der Waals surface area contributed by atoms with E-state index in [1.54, 1.807) is 12.4 Å². The van der Waals surface area contributed by atoms with Crippen LogP contribution in [-0.4, -0.2) is 15.0 Å². The summed E-state index contributed by atoms with van der Waals surface area (Å²) in [4.78, 5) is 12.3. The number of rotatable bonds is 1. The van der Waals surface area contributed by atoms with Gasteiger partial charge in [-0.1, -0.05) is 0 Å². The molecular formula is C11H10ClN3. The Morgan fingerprint density at radius 2 is 2.00 bits per heavy atom. The van der Waals surface area contributed by atoms with E-state index in [0.717, 1.165) is 22.5 Å². The van der Waals surface area contributed by atoms with E-state index < -0.39 is 0 Å². The first-order valence-electron chi connectivity index (χ1n) is 4.59. The molecule has 0 unspecified atom stereocenters. The second kappa shape index (κ2) is 3.95. The van der Waals surface area contributed by atoms with Gasteiger partial charge in [0.1, 0.15) is 0 Å². The zero-order valence-corrected chi connectivity index (χ0v) is 9.28. The van der Waals surface area contributed by atoms with Crippen LogP contribution >= 0.6 is 11.6 Å². The SMILES string of the molecule is Cc1cc(-c2cnccc2C)nc(Cl)n1. The quantitative estimate of drug-likeness (QED) is 0.693. The maximum atomic E-state index is 5.81. The number of hydrogen-bond donors (Lipinski definition) is 0. The van der Waals surface area contributed by atoms with Crippen LogP contribution in [0.3, 0.4) is 0 Å². The van der Waals surface area contributed by atoms with Gasteiger partial charge in [0, 0.05) is 23.7 Å². The number of pyridine rings is 1. The van der Waals surface area contributed by atoms with Crippen LogP contribution in [0.25, 0.3) is 11.3 Å². The molecule has 0 saturated heterocycles. The normalized spacial score (nSPS) is 10.3. The molecule has 2 aromatic heterocycles. The van der Waals surface area contributed by atoms with Crippen LogP contribution in [0.5, 0.6) is 0 Å². The fraction of sp³-hybridized carbons (Fsp3) is 0.182. The van der Waals surface area contributed by atoms with Gasteiger partial charge in [0.2, 0.25) is 5.28 Å². The van der Waals surface area contributed by atoms with E-state index in [1.165, 1.54) is 0 Å². The Morgan fingerprint density at radius 1 is 1.20 bits per heavy atom. The van der Waals surface area contributed by atoms with Crippen molar-refractivity contribution in [3.8, 4) is 11.3 Å². The molecule has 0 radical (unpaired) electrons. The molecule has 0 fully saturated rings. The first-order chi connectivity index (χ1) is 7.16. The van der Waals surface area contributed by atoms with E-state index >= 15 is 0 Å². The molecule has 0 aliphatic heterocycles. The fourth-order valence-corrected chi connectivity index (χ4v) is 1.63. The van der Waals surface area contributed by atoms with Crippen molar-refractivity contribution in [1.29, 1.82) is 0 Å². The smallest absolute Gasteiger partial charge is 0.223 e. The molecule has 0 saturated carbocycles. The van der Waals surface area contributed by atoms with Gasteiger partial charge in [0.25, 0.3) is 0 Å². The van der Waals surface area contributed by atoms with E-state index in [0.29, 0.717) is 0 Å². The highest BCUT2D eigenvalue weighted by Crippen LogP contribution is 2.21. The molecule has 0 aliphatic carbocycles. The summed E-state index contributed by atoms with van der Waals surface area (Å²) in [5.41, 5.74) is 3.79. The van der Waals surface area contributed by atoms with Gasteiger partial charge in [0.05, 0.1) is 5.69 Å². The second-order valence-electron chi connectivity index (χ2n) is 3.35. The fourth-order valence-electron chi connectivity index (χ4n) is 1.40. The zero-order chi connectivity index (χ0) is 10.8. The molecule has 4 heteroatoms. The van der Waals surface area contributed by atoms with Crippen molar-refractivity contribution in [1.82, 2.24) is 15.0 Å². The Morgan fingerprint density at radius 3 is 2.67 bits per heavy atom. The molecule has 0 bridgehead atoms. The zero-order valence-electron chi connectivity index (χ0n) is 8.53. The Balaban J connectivity index is 2.59. The third-order valence-electron chi connectivity index (χ3n) is 2.14. The molecule has 0 spiro atoms. The van der Waals surface area contributed by atoms with Crippen LogP contribution in [0.15, 0.2) is 24.5 Å². The average Bonchev–Trinajstić information content (AvgIpc) is 2.16. The molecule has 2 rings (SSSR count). The lowest BCUT2D eigenvalue weighted by molar-refractivity contribution is 1.10. The summed E-state index contributed by atoms with van der Waals surface area (Å²) in [5.74, 6) is 0. The molecule has 2 heterocycles. The largest absolute Gasteiger partial charge is 0.264 e. The van der Waals surface area contributed by atoms with E-state index in [4.69, 9.17) is 11.6 Å². The lowest BCUT2D eigenvalue weighted by Crippen LogP contribution is -1.93. The van der Waals surface area contributed by atoms with Crippen molar-refractivity contribution < 1.29 is 0 Å². The Labute approximate surface area is 93.2 Å². The highest BCUT2D eigenvalue weighted by Gasteiger charge is 2.05. The molecule has 2 aromatic rings. The first kappa shape index (κ1) is 10.1. The lowest BCUT2D eigenvalue weighted by Gasteiger charge is -2.04. The molecule has 0 aliphatic rings. The summed E-state index contributed by atoms with van der Waals surface area (Å²) in [5, 5.41) is 0.272. The highest BCUT2D eigenvalue weighted by molar-refractivity contribution is 6.28. The van der Waals surface area contributed by atoms with Crippen LogP contribution in [-0.2, 0) is 0 Å². The van der Waals surface area contributed by atoms with E-state index in [-0.39, 0.29) is 5.28 Å². The van der Waals surface area contributed by atoms with E-state index in [1.807, 2.05) is 26.0 Å². The maximum Gasteiger partial charge on any atom is 0.223 e. The number of aromatic nitrogens is 3. The summed E-state index contributed by atoms with van der Waals surface area (Å²) in [7, 11) is 0. The first-order valence-corrected chi connectivity index (χ1v) is 4.97. The summed E-state index contributed by atoms with van der Waals surface area (Å²) >= 11 is 5.81. The van der Waals surface area contributed by atoms with Gasteiger partial charge in [-0.3, -0.25) is 4.98 Å². The third-order valence-corrected chi connectivity index (χ3v) is 2.31. The van der Waals surface area contributed by atoms with Gasteiger partial charge < -0.3 is 0 Å². The van der Waals surface area contributed by atoms with Gasteiger partial charge >= 0.3 is 0 Å². The molecular weight excluding hydrogens is 210 g/mol. The van der Waals surface area contributed by atoms with E-state index in [2.05, 4.69) is 15.0 Å². The second-order valence-corrected chi connectivity index (χ2v) is 3.69. The van der Waals surface area contributed by atoms with E-state index in [9.17, 15) is 0 Å². The number of halogens is 1. The Kier molecular flexibility index (Phi) is 2.64. The van der Waals surface area contributed by atoms with Crippen LogP contribution in [0.4, 0.5) is 0 Å². The Bertz CT molecular complexity index is 477. The number of hydrogen-bond acceptors (Lipinski definition) is 3. The summed E-state index contributed by atoms with van der Waals surface area (Å²) in [6.07, 6.45) is 3.54. The molecule has 0 amide bonds. The number of nitrogens with zero attached hydrogens (tertiary/aromatic N) is 3. The van der Waals surface area contributed by atoms with Crippen molar-refractivity contribution in [2.24, 2.45) is 0 Å². The maximum absolute atomic E-state index is 5.81. The van der Waals surface area contributed by atoms with Gasteiger partial charge in [-0.15, -0.1) is 0 Å². The predicted octanol–water partition coefficient (Wildman–Crippen LogP) is 2.81. The van der Waals surface area contributed by atoms with Gasteiger partial charge in [-0.25, -0.2) is 9.97 Å². The van der Waals surface area contributed by atoms with Gasteiger partial charge in [-0.2, -0.15) is 0 Å². The summed E-state index contributed by atoms with van der Waals surface area (Å²) in [6, 6.07) is 3.84. The molecule has 0 atom stereocenters. The summed E-state index contributed by atoms with van der Waals surface area (Å²) in [6.45, 7) is 3.91. The molecule has 0 aromatic carbocycles. The van der Waals surface area contributed by atoms with Crippen molar-refractivity contribution >= 4 is 11.6 Å². The minimum absolute atomic E-state index is 0.272. The highest BCUT2D eigenvalue weighted by atomic mass is 35.5. The minimum atomic E-state index is 0.272. The molecule has 15 heavy (non-hydrogen) atoms. The topological polar surface area (TPSA) is 38.7 Å². The molecule has 0 N–H and O–H groups in total. The molecule has 76 valence electrons. The monoisotopic (exact) mass is 219 g/mol. The van der Waals surface area contributed by atoms with Crippen LogP contribution in [0.1, 0.15) is 11.3 Å². The Hall–Kier alpha value is -1.48. The van der Waals surface area contributed by atoms with Crippen molar-refractivity contribution in [2.45, 2.75) is 13.8 Å². The average molecular weight is 220 g/mol.